The van der Waals surface area contributed by atoms with Crippen LogP contribution in [0.1, 0.15) is 60.5 Å². The zero-order valence-electron chi connectivity index (χ0n) is 14.1. The van der Waals surface area contributed by atoms with Crippen LogP contribution in [-0.2, 0) is 13.6 Å². The van der Waals surface area contributed by atoms with Gasteiger partial charge in [-0.05, 0) is 44.2 Å². The number of rotatable bonds is 4. The van der Waals surface area contributed by atoms with Crippen molar-refractivity contribution >= 4 is 17.4 Å². The zero-order valence-corrected chi connectivity index (χ0v) is 14.9. The number of likely N-dealkylation sites (tertiary alicyclic amines) is 1. The lowest BCUT2D eigenvalue weighted by Crippen LogP contribution is -2.44. The smallest absolute Gasteiger partial charge is 0.318 e. The number of carbonyl (C=O) groups excluding carboxylic acids is 1. The molecule has 2 fully saturated rings. The number of hydrogen-bond acceptors (Lipinski definition) is 3. The summed E-state index contributed by atoms with van der Waals surface area (Å²) in [7, 11) is 2.05. The summed E-state index contributed by atoms with van der Waals surface area (Å²) in [6, 6.07) is 4.38. The zero-order chi connectivity index (χ0) is 16.5. The molecule has 6 heteroatoms. The van der Waals surface area contributed by atoms with Gasteiger partial charge in [0.1, 0.15) is 0 Å². The molecule has 1 N–H and O–H groups in total. The Morgan fingerprint density at radius 1 is 1.38 bits per heavy atom. The molecular weight excluding hydrogens is 320 g/mol. The normalized spacial score (nSPS) is 21.0. The van der Waals surface area contributed by atoms with E-state index in [1.165, 1.54) is 30.0 Å². The van der Waals surface area contributed by atoms with Crippen molar-refractivity contribution in [1.29, 1.82) is 0 Å². The first-order valence-electron chi connectivity index (χ1n) is 8.82. The lowest BCUT2D eigenvalue weighted by Gasteiger charge is -2.36. The molecule has 128 valence electrons. The number of piperidine rings is 1. The third kappa shape index (κ3) is 3.20. The average Bonchev–Trinajstić information content (AvgIpc) is 3.19. The highest BCUT2D eigenvalue weighted by Gasteiger charge is 2.30. The van der Waals surface area contributed by atoms with E-state index in [2.05, 4.69) is 45.6 Å². The summed E-state index contributed by atoms with van der Waals surface area (Å²) >= 11 is 1.73. The molecular formula is C18H24N4OS. The van der Waals surface area contributed by atoms with E-state index in [1.807, 2.05) is 4.90 Å². The Morgan fingerprint density at radius 3 is 3.00 bits per heavy atom. The topological polar surface area (TPSA) is 50.2 Å². The Kier molecular flexibility index (Phi) is 4.31. The molecule has 2 aromatic heterocycles. The van der Waals surface area contributed by atoms with E-state index in [0.29, 0.717) is 12.5 Å². The minimum Gasteiger partial charge on any atom is -0.353 e. The van der Waals surface area contributed by atoms with Crippen molar-refractivity contribution in [3.8, 4) is 0 Å². The molecule has 0 spiro atoms. The highest BCUT2D eigenvalue weighted by atomic mass is 32.1. The molecule has 0 radical (unpaired) electrons. The molecule has 1 saturated carbocycles. The van der Waals surface area contributed by atoms with Crippen LogP contribution in [0.15, 0.2) is 23.7 Å². The largest absolute Gasteiger partial charge is 0.353 e. The van der Waals surface area contributed by atoms with Crippen LogP contribution < -0.4 is 5.32 Å². The number of amides is 2. The fourth-order valence-electron chi connectivity index (χ4n) is 3.49. The van der Waals surface area contributed by atoms with E-state index in [4.69, 9.17) is 0 Å². The van der Waals surface area contributed by atoms with Gasteiger partial charge >= 0.3 is 6.03 Å². The first kappa shape index (κ1) is 15.7. The highest BCUT2D eigenvalue weighted by molar-refractivity contribution is 7.09. The van der Waals surface area contributed by atoms with Gasteiger partial charge in [0.2, 0.25) is 0 Å². The molecule has 0 aromatic carbocycles. The van der Waals surface area contributed by atoms with Gasteiger partial charge in [-0.2, -0.15) is 0 Å². The summed E-state index contributed by atoms with van der Waals surface area (Å²) in [5.74, 6) is 0.684. The standard InChI is InChI=1S/C18H24N4OS/c1-21-9-4-6-15(21)16-5-2-3-10-22(16)18(23)19-11-14-12-24-17(20-14)13-7-8-13/h4,6,9,12-13,16H,2-3,5,7-8,10-11H2,1H3,(H,19,23)/t16-/m1/s1. The van der Waals surface area contributed by atoms with Gasteiger partial charge in [0.05, 0.1) is 23.3 Å². The number of carbonyl (C=O) groups is 1. The molecule has 3 heterocycles. The van der Waals surface area contributed by atoms with Crippen LogP contribution in [0.5, 0.6) is 0 Å². The lowest BCUT2D eigenvalue weighted by molar-refractivity contribution is 0.148. The van der Waals surface area contributed by atoms with Crippen molar-refractivity contribution < 1.29 is 4.79 Å². The van der Waals surface area contributed by atoms with Gasteiger partial charge in [-0.15, -0.1) is 11.3 Å². The molecule has 2 aliphatic rings. The van der Waals surface area contributed by atoms with Gasteiger partial charge in [0.15, 0.2) is 0 Å². The highest BCUT2D eigenvalue weighted by Crippen LogP contribution is 2.41. The second-order valence-electron chi connectivity index (χ2n) is 6.86. The van der Waals surface area contributed by atoms with E-state index in [0.717, 1.165) is 25.1 Å². The first-order valence-corrected chi connectivity index (χ1v) is 9.70. The van der Waals surface area contributed by atoms with Gasteiger partial charge in [-0.1, -0.05) is 0 Å². The van der Waals surface area contributed by atoms with Crippen molar-refractivity contribution in [2.45, 2.75) is 50.6 Å². The number of nitrogens with zero attached hydrogens (tertiary/aromatic N) is 3. The number of nitrogens with one attached hydrogen (secondary N) is 1. The van der Waals surface area contributed by atoms with E-state index in [9.17, 15) is 4.79 Å². The predicted molar refractivity (Wildman–Crippen MR) is 95.0 cm³/mol. The third-order valence-electron chi connectivity index (χ3n) is 5.01. The molecule has 2 aromatic rings. The maximum Gasteiger partial charge on any atom is 0.318 e. The van der Waals surface area contributed by atoms with Crippen LogP contribution in [0.25, 0.3) is 0 Å². The molecule has 1 aliphatic carbocycles. The molecule has 24 heavy (non-hydrogen) atoms. The van der Waals surface area contributed by atoms with Crippen LogP contribution in [0.3, 0.4) is 0 Å². The van der Waals surface area contributed by atoms with Crippen molar-refractivity contribution in [3.05, 3.63) is 40.1 Å². The summed E-state index contributed by atoms with van der Waals surface area (Å²) in [4.78, 5) is 19.4. The van der Waals surface area contributed by atoms with E-state index in [1.54, 1.807) is 11.3 Å². The number of thiazole rings is 1. The molecule has 2 amide bonds. The number of hydrogen-bond donors (Lipinski definition) is 1. The van der Waals surface area contributed by atoms with E-state index in [-0.39, 0.29) is 12.1 Å². The molecule has 5 nitrogen and oxygen atoms in total. The maximum atomic E-state index is 12.7. The molecule has 4 rings (SSSR count). The van der Waals surface area contributed by atoms with Crippen LogP contribution in [0.4, 0.5) is 4.79 Å². The molecule has 0 unspecified atom stereocenters. The van der Waals surface area contributed by atoms with Crippen LogP contribution in [0.2, 0.25) is 0 Å². The first-order chi connectivity index (χ1) is 11.7. The number of aryl methyl sites for hydroxylation is 1. The minimum absolute atomic E-state index is 0.0295. The van der Waals surface area contributed by atoms with Crippen LogP contribution in [0, 0.1) is 0 Å². The Balaban J connectivity index is 1.40. The van der Waals surface area contributed by atoms with Crippen molar-refractivity contribution in [2.75, 3.05) is 6.54 Å². The second kappa shape index (κ2) is 6.59. The van der Waals surface area contributed by atoms with Gasteiger partial charge < -0.3 is 14.8 Å². The van der Waals surface area contributed by atoms with Crippen LogP contribution >= 0.6 is 11.3 Å². The Labute approximate surface area is 146 Å². The van der Waals surface area contributed by atoms with Crippen LogP contribution in [-0.4, -0.2) is 27.0 Å². The van der Waals surface area contributed by atoms with Crippen molar-refractivity contribution in [2.24, 2.45) is 7.05 Å². The monoisotopic (exact) mass is 344 g/mol. The Morgan fingerprint density at radius 2 is 2.25 bits per heavy atom. The fraction of sp³-hybridized carbons (Fsp3) is 0.556. The SMILES string of the molecule is Cn1cccc1[C@H]1CCCCN1C(=O)NCc1csc(C2CC2)n1. The van der Waals surface area contributed by atoms with Gasteiger partial charge in [0.25, 0.3) is 0 Å². The number of urea groups is 1. The third-order valence-corrected chi connectivity index (χ3v) is 6.06. The quantitative estimate of drug-likeness (QED) is 0.917. The molecule has 1 atom stereocenters. The van der Waals surface area contributed by atoms with E-state index >= 15 is 0 Å². The van der Waals surface area contributed by atoms with Crippen molar-refractivity contribution in [3.63, 3.8) is 0 Å². The summed E-state index contributed by atoms with van der Waals surface area (Å²) in [5.41, 5.74) is 2.21. The average molecular weight is 344 g/mol. The Bertz CT molecular complexity index is 718. The van der Waals surface area contributed by atoms with E-state index < -0.39 is 0 Å². The minimum atomic E-state index is 0.0295. The van der Waals surface area contributed by atoms with Gasteiger partial charge in [-0.25, -0.2) is 9.78 Å². The molecule has 0 bridgehead atoms. The van der Waals surface area contributed by atoms with Gasteiger partial charge in [0, 0.05) is 36.8 Å². The molecule has 1 aliphatic heterocycles. The van der Waals surface area contributed by atoms with Gasteiger partial charge in [-0.3, -0.25) is 0 Å². The summed E-state index contributed by atoms with van der Waals surface area (Å²) < 4.78 is 2.12. The van der Waals surface area contributed by atoms with Crippen molar-refractivity contribution in [1.82, 2.24) is 19.8 Å². The second-order valence-corrected chi connectivity index (χ2v) is 7.75. The fourth-order valence-corrected chi connectivity index (χ4v) is 4.48. The lowest BCUT2D eigenvalue weighted by atomic mass is 10.00. The summed E-state index contributed by atoms with van der Waals surface area (Å²) in [6.07, 6.45) is 7.88. The number of aromatic nitrogens is 2. The summed E-state index contributed by atoms with van der Waals surface area (Å²) in [5, 5.41) is 6.39. The Hall–Kier alpha value is -1.82. The predicted octanol–water partition coefficient (Wildman–Crippen LogP) is 3.80. The molecule has 1 saturated heterocycles. The summed E-state index contributed by atoms with van der Waals surface area (Å²) in [6.45, 7) is 1.35. The maximum absolute atomic E-state index is 12.7.